The number of hydrogen-bond acceptors (Lipinski definition) is 2. The van der Waals surface area contributed by atoms with Gasteiger partial charge in [-0.2, -0.15) is 0 Å². The van der Waals surface area contributed by atoms with Crippen LogP contribution in [0, 0.1) is 5.82 Å². The first kappa shape index (κ1) is 16.6. The summed E-state index contributed by atoms with van der Waals surface area (Å²) >= 11 is 0. The number of amides is 1. The minimum absolute atomic E-state index is 0.185. The highest BCUT2D eigenvalue weighted by Crippen LogP contribution is 2.22. The SMILES string of the molecule is O=C(NCc1ccc2c(c1)CCN(C1=CC=C1)CC2)c1ccc(F)cc1. The number of carbonyl (C=O) groups excluding carboxylic acids is 1. The summed E-state index contributed by atoms with van der Waals surface area (Å²) in [4.78, 5) is 14.6. The molecule has 0 spiro atoms. The van der Waals surface area contributed by atoms with E-state index >= 15 is 0 Å². The van der Waals surface area contributed by atoms with Gasteiger partial charge in [-0.1, -0.05) is 24.3 Å². The van der Waals surface area contributed by atoms with Crippen molar-refractivity contribution in [1.82, 2.24) is 10.2 Å². The number of benzene rings is 2. The van der Waals surface area contributed by atoms with E-state index in [1.165, 1.54) is 41.1 Å². The molecule has 1 N–H and O–H groups in total. The highest BCUT2D eigenvalue weighted by molar-refractivity contribution is 5.94. The summed E-state index contributed by atoms with van der Waals surface area (Å²) in [6, 6.07) is 12.1. The van der Waals surface area contributed by atoms with Gasteiger partial charge >= 0.3 is 0 Å². The zero-order valence-corrected chi connectivity index (χ0v) is 14.5. The standard InChI is InChI=1S/C22H21FN2O/c23-20-8-6-18(7-9-20)22(26)24-15-16-4-5-17-10-12-25(21-2-1-3-21)13-11-19(17)14-16/h1-9,14H,10-13,15H2,(H,24,26). The molecule has 2 aliphatic rings. The fourth-order valence-electron chi connectivity index (χ4n) is 3.43. The molecule has 1 aliphatic heterocycles. The quantitative estimate of drug-likeness (QED) is 0.915. The van der Waals surface area contributed by atoms with Gasteiger partial charge in [-0.3, -0.25) is 4.79 Å². The summed E-state index contributed by atoms with van der Waals surface area (Å²) in [6.07, 6.45) is 8.46. The van der Waals surface area contributed by atoms with E-state index < -0.39 is 0 Å². The highest BCUT2D eigenvalue weighted by atomic mass is 19.1. The van der Waals surface area contributed by atoms with Crippen LogP contribution in [0.4, 0.5) is 4.39 Å². The molecule has 1 aliphatic carbocycles. The third-order valence-corrected chi connectivity index (χ3v) is 5.03. The number of carbonyl (C=O) groups is 1. The summed E-state index contributed by atoms with van der Waals surface area (Å²) in [5, 5.41) is 2.91. The van der Waals surface area contributed by atoms with Crippen LogP contribution in [0.1, 0.15) is 27.0 Å². The van der Waals surface area contributed by atoms with Crippen molar-refractivity contribution in [2.45, 2.75) is 19.4 Å². The lowest BCUT2D eigenvalue weighted by Gasteiger charge is -2.26. The lowest BCUT2D eigenvalue weighted by atomic mass is 10.00. The van der Waals surface area contributed by atoms with E-state index in [9.17, 15) is 9.18 Å². The van der Waals surface area contributed by atoms with E-state index in [4.69, 9.17) is 0 Å². The zero-order valence-electron chi connectivity index (χ0n) is 14.5. The van der Waals surface area contributed by atoms with Gasteiger partial charge in [0.1, 0.15) is 5.82 Å². The molecule has 0 fully saturated rings. The maximum absolute atomic E-state index is 13.0. The van der Waals surface area contributed by atoms with Crippen molar-refractivity contribution in [3.05, 3.63) is 94.5 Å². The van der Waals surface area contributed by atoms with Crippen LogP contribution in [-0.2, 0) is 19.4 Å². The Morgan fingerprint density at radius 3 is 2.46 bits per heavy atom. The molecule has 2 aromatic carbocycles. The van der Waals surface area contributed by atoms with Gasteiger partial charge in [-0.15, -0.1) is 0 Å². The molecule has 0 aromatic heterocycles. The maximum Gasteiger partial charge on any atom is 0.251 e. The molecule has 0 radical (unpaired) electrons. The Hall–Kier alpha value is -2.88. The average Bonchev–Trinajstić information content (AvgIpc) is 2.81. The monoisotopic (exact) mass is 348 g/mol. The molecule has 0 saturated heterocycles. The van der Waals surface area contributed by atoms with Gasteiger partial charge in [-0.05, 0) is 65.9 Å². The summed E-state index contributed by atoms with van der Waals surface area (Å²) in [7, 11) is 0. The fourth-order valence-corrected chi connectivity index (χ4v) is 3.43. The van der Waals surface area contributed by atoms with E-state index in [0.717, 1.165) is 31.5 Å². The molecule has 2 aromatic rings. The van der Waals surface area contributed by atoms with Crippen LogP contribution >= 0.6 is 0 Å². The molecule has 3 nitrogen and oxygen atoms in total. The van der Waals surface area contributed by atoms with Gasteiger partial charge in [0.15, 0.2) is 0 Å². The molecule has 1 amide bonds. The van der Waals surface area contributed by atoms with Crippen molar-refractivity contribution in [2.24, 2.45) is 0 Å². The van der Waals surface area contributed by atoms with Crippen LogP contribution in [0.25, 0.3) is 0 Å². The molecule has 132 valence electrons. The van der Waals surface area contributed by atoms with E-state index in [1.54, 1.807) is 0 Å². The van der Waals surface area contributed by atoms with Crippen LogP contribution in [0.5, 0.6) is 0 Å². The first-order valence-electron chi connectivity index (χ1n) is 8.97. The van der Waals surface area contributed by atoms with Crippen molar-refractivity contribution in [1.29, 1.82) is 0 Å². The second-order valence-corrected chi connectivity index (χ2v) is 6.73. The van der Waals surface area contributed by atoms with Crippen molar-refractivity contribution >= 4 is 5.91 Å². The maximum atomic E-state index is 13.0. The lowest BCUT2D eigenvalue weighted by molar-refractivity contribution is 0.0951. The molecule has 4 heteroatoms. The van der Waals surface area contributed by atoms with Crippen molar-refractivity contribution in [2.75, 3.05) is 13.1 Å². The Morgan fingerprint density at radius 1 is 1.04 bits per heavy atom. The summed E-state index contributed by atoms with van der Waals surface area (Å²) in [6.45, 7) is 2.54. The normalized spacial score (nSPS) is 15.6. The molecule has 0 atom stereocenters. The van der Waals surface area contributed by atoms with E-state index in [1.807, 2.05) is 0 Å². The van der Waals surface area contributed by atoms with Gasteiger partial charge in [0.05, 0.1) is 0 Å². The Labute approximate surface area is 152 Å². The lowest BCUT2D eigenvalue weighted by Crippen LogP contribution is -2.26. The molecule has 0 bridgehead atoms. The minimum Gasteiger partial charge on any atom is -0.371 e. The predicted octanol–water partition coefficient (Wildman–Crippen LogP) is 3.61. The van der Waals surface area contributed by atoms with E-state index in [0.29, 0.717) is 12.1 Å². The predicted molar refractivity (Wildman–Crippen MR) is 100 cm³/mol. The largest absolute Gasteiger partial charge is 0.371 e. The number of halogens is 1. The van der Waals surface area contributed by atoms with E-state index in [-0.39, 0.29) is 11.7 Å². The number of nitrogens with one attached hydrogen (secondary N) is 1. The van der Waals surface area contributed by atoms with Crippen LogP contribution in [0.15, 0.2) is 66.4 Å². The van der Waals surface area contributed by atoms with Crippen LogP contribution in [0.2, 0.25) is 0 Å². The summed E-state index contributed by atoms with van der Waals surface area (Å²) in [5.74, 6) is -0.524. The van der Waals surface area contributed by atoms with Gasteiger partial charge in [0.2, 0.25) is 0 Å². The summed E-state index contributed by atoms with van der Waals surface area (Å²) in [5.41, 5.74) is 5.65. The average molecular weight is 348 g/mol. The highest BCUT2D eigenvalue weighted by Gasteiger charge is 2.16. The minimum atomic E-state index is -0.338. The fraction of sp³-hybridized carbons (Fsp3) is 0.227. The van der Waals surface area contributed by atoms with Gasteiger partial charge in [-0.25, -0.2) is 4.39 Å². The smallest absolute Gasteiger partial charge is 0.251 e. The Kier molecular flexibility index (Phi) is 4.57. The number of rotatable bonds is 4. The third kappa shape index (κ3) is 3.54. The number of fused-ring (bicyclic) bond motifs is 1. The number of hydrogen-bond donors (Lipinski definition) is 1. The van der Waals surface area contributed by atoms with Crippen LogP contribution in [0.3, 0.4) is 0 Å². The van der Waals surface area contributed by atoms with E-state index in [2.05, 4.69) is 46.6 Å². The molecule has 0 unspecified atom stereocenters. The Morgan fingerprint density at radius 2 is 1.77 bits per heavy atom. The molecular weight excluding hydrogens is 327 g/mol. The first-order valence-corrected chi connectivity index (χ1v) is 8.97. The molecule has 0 saturated carbocycles. The van der Waals surface area contributed by atoms with Gasteiger partial charge in [0.25, 0.3) is 5.91 Å². The van der Waals surface area contributed by atoms with Crippen molar-refractivity contribution in [3.63, 3.8) is 0 Å². The second-order valence-electron chi connectivity index (χ2n) is 6.73. The van der Waals surface area contributed by atoms with Crippen molar-refractivity contribution in [3.8, 4) is 0 Å². The first-order chi connectivity index (χ1) is 12.7. The number of nitrogens with zero attached hydrogens (tertiary/aromatic N) is 1. The van der Waals surface area contributed by atoms with Crippen molar-refractivity contribution < 1.29 is 9.18 Å². The Bertz CT molecular complexity index is 884. The topological polar surface area (TPSA) is 32.3 Å². The molecule has 4 rings (SSSR count). The summed E-state index contributed by atoms with van der Waals surface area (Å²) < 4.78 is 13.0. The number of allylic oxidation sites excluding steroid dienone is 3. The second kappa shape index (κ2) is 7.16. The molecule has 26 heavy (non-hydrogen) atoms. The Balaban J connectivity index is 1.39. The molecule has 1 heterocycles. The van der Waals surface area contributed by atoms with Crippen LogP contribution < -0.4 is 5.32 Å². The van der Waals surface area contributed by atoms with Gasteiger partial charge < -0.3 is 10.2 Å². The zero-order chi connectivity index (χ0) is 17.9. The molecular formula is C22H21FN2O. The third-order valence-electron chi connectivity index (χ3n) is 5.03. The van der Waals surface area contributed by atoms with Crippen LogP contribution in [-0.4, -0.2) is 23.9 Å². The van der Waals surface area contributed by atoms with Gasteiger partial charge in [0, 0.05) is 30.9 Å².